The fourth-order valence-electron chi connectivity index (χ4n) is 2.16. The van der Waals surface area contributed by atoms with Crippen LogP contribution in [0.15, 0.2) is 24.3 Å². The van der Waals surface area contributed by atoms with Gasteiger partial charge in [-0.15, -0.1) is 0 Å². The van der Waals surface area contributed by atoms with E-state index in [2.05, 4.69) is 27.2 Å². The first-order valence-electron chi connectivity index (χ1n) is 8.10. The summed E-state index contributed by atoms with van der Waals surface area (Å²) in [5.41, 5.74) is 1.06. The summed E-state index contributed by atoms with van der Waals surface area (Å²) < 4.78 is 5.81. The van der Waals surface area contributed by atoms with Crippen molar-refractivity contribution in [3.05, 3.63) is 52.4 Å². The number of hydrogen-bond acceptors (Lipinski definition) is 5. The Hall–Kier alpha value is -0.746. The van der Waals surface area contributed by atoms with Gasteiger partial charge in [0.2, 0.25) is 5.95 Å². The molecule has 0 saturated carbocycles. The van der Waals surface area contributed by atoms with Crippen molar-refractivity contribution in [3.8, 4) is 0 Å². The van der Waals surface area contributed by atoms with E-state index in [0.717, 1.165) is 28.7 Å². The van der Waals surface area contributed by atoms with Crippen molar-refractivity contribution in [1.29, 1.82) is 0 Å². The van der Waals surface area contributed by atoms with Crippen molar-refractivity contribution >= 4 is 17.5 Å². The molecule has 5 nitrogen and oxygen atoms in total. The third kappa shape index (κ3) is 7.57. The van der Waals surface area contributed by atoms with Gasteiger partial charge in [0, 0.05) is 43.6 Å². The third-order valence-electron chi connectivity index (χ3n) is 3.50. The fraction of sp³-hybridized carbons (Fsp3) is 0.444. The van der Waals surface area contributed by atoms with E-state index in [1.165, 1.54) is 0 Å². The van der Waals surface area contributed by atoms with Crippen LogP contribution >= 0.6 is 11.6 Å². The molecular formula is C18H24ClN4OY-. The molecular weight excluding hydrogens is 413 g/mol. The van der Waals surface area contributed by atoms with E-state index >= 15 is 0 Å². The molecule has 0 fully saturated rings. The molecule has 133 valence electrons. The third-order valence-corrected chi connectivity index (χ3v) is 3.73. The molecule has 2 aromatic rings. The summed E-state index contributed by atoms with van der Waals surface area (Å²) in [7, 11) is 0. The second-order valence-electron chi connectivity index (χ2n) is 5.92. The fourth-order valence-corrected chi connectivity index (χ4v) is 2.37. The van der Waals surface area contributed by atoms with Crippen molar-refractivity contribution in [2.75, 3.05) is 11.9 Å². The number of nitrogens with one attached hydrogen (secondary N) is 1. The van der Waals surface area contributed by atoms with E-state index in [1.54, 1.807) is 0 Å². The smallest absolute Gasteiger partial charge is 0.223 e. The molecule has 1 aromatic heterocycles. The summed E-state index contributed by atoms with van der Waals surface area (Å²) in [6, 6.07) is 7.83. The van der Waals surface area contributed by atoms with Gasteiger partial charge in [0.15, 0.2) is 0 Å². The first kappa shape index (κ1) is 22.3. The van der Waals surface area contributed by atoms with Crippen molar-refractivity contribution in [1.82, 2.24) is 15.0 Å². The minimum absolute atomic E-state index is 0. The molecule has 1 aromatic carbocycles. The van der Waals surface area contributed by atoms with Crippen LogP contribution in [0.2, 0.25) is 5.02 Å². The summed E-state index contributed by atoms with van der Waals surface area (Å²) in [4.78, 5) is 13.2. The van der Waals surface area contributed by atoms with E-state index < -0.39 is 0 Å². The molecule has 1 N–H and O–H groups in total. The van der Waals surface area contributed by atoms with Crippen LogP contribution in [0.5, 0.6) is 0 Å². The first-order valence-corrected chi connectivity index (χ1v) is 8.47. The zero-order valence-electron chi connectivity index (χ0n) is 15.2. The summed E-state index contributed by atoms with van der Waals surface area (Å²) in [5, 5.41) is 4.06. The summed E-state index contributed by atoms with van der Waals surface area (Å²) in [6.07, 6.45) is 0.907. The van der Waals surface area contributed by atoms with Gasteiger partial charge in [0.25, 0.3) is 0 Å². The van der Waals surface area contributed by atoms with E-state index in [1.807, 2.05) is 45.0 Å². The number of benzene rings is 1. The summed E-state index contributed by atoms with van der Waals surface area (Å²) in [6.45, 7) is 9.05. The first-order chi connectivity index (χ1) is 11.5. The molecule has 0 spiro atoms. The van der Waals surface area contributed by atoms with Gasteiger partial charge in [-0.2, -0.15) is 18.8 Å². The summed E-state index contributed by atoms with van der Waals surface area (Å²) in [5.74, 6) is 3.09. The van der Waals surface area contributed by atoms with Gasteiger partial charge in [0.1, 0.15) is 5.82 Å². The zero-order chi connectivity index (χ0) is 17.5. The number of aromatic nitrogens is 3. The van der Waals surface area contributed by atoms with Crippen molar-refractivity contribution in [2.24, 2.45) is 0 Å². The maximum atomic E-state index is 5.98. The Morgan fingerprint density at radius 2 is 2.00 bits per heavy atom. The van der Waals surface area contributed by atoms with Gasteiger partial charge in [0.05, 0.1) is 19.3 Å². The molecule has 0 aliphatic rings. The van der Waals surface area contributed by atoms with Gasteiger partial charge >= 0.3 is 0 Å². The topological polar surface area (TPSA) is 59.9 Å². The molecule has 25 heavy (non-hydrogen) atoms. The predicted octanol–water partition coefficient (Wildman–Crippen LogP) is 4.20. The SMILES string of the molecule is CCC(COCc1cccc(Cl)c1)Nc1nc(C)nc([C-](C)C)n1.[Y]. The van der Waals surface area contributed by atoms with E-state index in [4.69, 9.17) is 16.3 Å². The minimum atomic E-state index is 0. The average Bonchev–Trinajstić information content (AvgIpc) is 2.53. The second-order valence-corrected chi connectivity index (χ2v) is 6.36. The average molecular weight is 437 g/mol. The van der Waals surface area contributed by atoms with Gasteiger partial charge in [-0.1, -0.05) is 30.7 Å². The molecule has 0 aliphatic heterocycles. The molecule has 1 radical (unpaired) electrons. The van der Waals surface area contributed by atoms with Gasteiger partial charge in [-0.25, -0.2) is 4.98 Å². The van der Waals surface area contributed by atoms with Crippen LogP contribution in [0, 0.1) is 12.8 Å². The minimum Gasteiger partial charge on any atom is -0.375 e. The molecule has 1 heterocycles. The van der Waals surface area contributed by atoms with Crippen molar-refractivity contribution in [3.63, 3.8) is 0 Å². The monoisotopic (exact) mass is 436 g/mol. The summed E-state index contributed by atoms with van der Waals surface area (Å²) >= 11 is 5.98. The number of aryl methyl sites for hydroxylation is 1. The maximum absolute atomic E-state index is 5.98. The Kier molecular flexibility index (Phi) is 9.87. The van der Waals surface area contributed by atoms with Crippen LogP contribution in [0.25, 0.3) is 0 Å². The van der Waals surface area contributed by atoms with E-state index in [-0.39, 0.29) is 38.8 Å². The van der Waals surface area contributed by atoms with Crippen LogP contribution in [0.4, 0.5) is 5.95 Å². The van der Waals surface area contributed by atoms with E-state index in [0.29, 0.717) is 25.0 Å². The number of halogens is 1. The Labute approximate surface area is 180 Å². The number of nitrogens with zero attached hydrogens (tertiary/aromatic N) is 3. The molecule has 0 bridgehead atoms. The standard InChI is InChI=1S/C18H24ClN4O.Y/c1-5-16(11-24-10-14-7-6-8-15(19)9-14)22-18-21-13(4)20-17(23-18)12(2)3;/h6-9,16H,5,10-11H2,1-4H3,(H,20,21,22,23);/q-1;. The number of rotatable bonds is 8. The van der Waals surface area contributed by atoms with E-state index in [9.17, 15) is 0 Å². The Bertz CT molecular complexity index is 669. The van der Waals surface area contributed by atoms with Crippen LogP contribution in [0.3, 0.4) is 0 Å². The quantitative estimate of drug-likeness (QED) is 0.628. The maximum Gasteiger partial charge on any atom is 0.223 e. The molecule has 2 rings (SSSR count). The number of hydrogen-bond donors (Lipinski definition) is 1. The Morgan fingerprint density at radius 1 is 1.24 bits per heavy atom. The van der Waals surface area contributed by atoms with Gasteiger partial charge in [-0.05, 0) is 31.0 Å². The Morgan fingerprint density at radius 3 is 2.64 bits per heavy atom. The molecule has 0 aliphatic carbocycles. The predicted molar refractivity (Wildman–Crippen MR) is 97.1 cm³/mol. The van der Waals surface area contributed by atoms with Crippen LogP contribution in [-0.2, 0) is 44.1 Å². The van der Waals surface area contributed by atoms with Crippen LogP contribution in [0.1, 0.15) is 44.4 Å². The largest absolute Gasteiger partial charge is 0.375 e. The zero-order valence-corrected chi connectivity index (χ0v) is 18.8. The molecule has 1 unspecified atom stereocenters. The molecule has 7 heteroatoms. The van der Waals surface area contributed by atoms with Gasteiger partial charge < -0.3 is 16.0 Å². The molecule has 0 amide bonds. The Balaban J connectivity index is 0.00000312. The molecule has 1 atom stereocenters. The number of anilines is 1. The van der Waals surface area contributed by atoms with Crippen LogP contribution in [-0.4, -0.2) is 27.6 Å². The van der Waals surface area contributed by atoms with Crippen molar-refractivity contribution in [2.45, 2.75) is 46.8 Å². The van der Waals surface area contributed by atoms with Crippen molar-refractivity contribution < 1.29 is 37.4 Å². The molecule has 0 saturated heterocycles. The normalized spacial score (nSPS) is 11.6. The second kappa shape index (κ2) is 11.1. The van der Waals surface area contributed by atoms with Gasteiger partial charge in [-0.3, -0.25) is 4.98 Å². The van der Waals surface area contributed by atoms with Crippen LogP contribution < -0.4 is 5.32 Å². The number of ether oxygens (including phenoxy) is 1.